The number of hydrogen-bond donors (Lipinski definition) is 2. The van der Waals surface area contributed by atoms with E-state index >= 15 is 8.78 Å². The second-order valence-corrected chi connectivity index (χ2v) is 14.2. The first-order valence-electron chi connectivity index (χ1n) is 16.9. The number of pyridine rings is 3. The van der Waals surface area contributed by atoms with E-state index in [1.165, 1.54) is 17.9 Å². The van der Waals surface area contributed by atoms with Crippen LogP contribution < -0.4 is 20.7 Å². The fourth-order valence-corrected chi connectivity index (χ4v) is 7.46. The normalized spacial score (nSPS) is 17.8. The molecular formula is C36H40F2N8O5. The molecule has 1 aromatic carbocycles. The zero-order chi connectivity index (χ0) is 36.5. The van der Waals surface area contributed by atoms with Crippen molar-refractivity contribution in [2.75, 3.05) is 62.6 Å². The number of esters is 1. The largest absolute Gasteiger partial charge is 0.462 e. The minimum absolute atomic E-state index is 0.0644. The quantitative estimate of drug-likeness (QED) is 0.226. The van der Waals surface area contributed by atoms with Crippen molar-refractivity contribution in [2.45, 2.75) is 45.8 Å². The highest BCUT2D eigenvalue weighted by Crippen LogP contribution is 2.47. The summed E-state index contributed by atoms with van der Waals surface area (Å²) in [6.07, 6.45) is 4.71. The smallest absolute Gasteiger partial charge is 0.414 e. The second kappa shape index (κ2) is 12.5. The number of ether oxygens (including phenoxy) is 2. The molecule has 2 N–H and O–H groups in total. The van der Waals surface area contributed by atoms with E-state index < -0.39 is 34.7 Å². The highest BCUT2D eigenvalue weighted by molar-refractivity contribution is 6.19. The first-order valence-corrected chi connectivity index (χ1v) is 16.9. The Kier molecular flexibility index (Phi) is 8.35. The van der Waals surface area contributed by atoms with Crippen LogP contribution in [-0.2, 0) is 9.47 Å². The van der Waals surface area contributed by atoms with Crippen molar-refractivity contribution < 1.29 is 27.8 Å². The molecule has 0 spiro atoms. The minimum atomic E-state index is -1.14. The Morgan fingerprint density at radius 1 is 1.14 bits per heavy atom. The lowest BCUT2D eigenvalue weighted by Gasteiger charge is -2.29. The predicted molar refractivity (Wildman–Crippen MR) is 191 cm³/mol. The van der Waals surface area contributed by atoms with Crippen LogP contribution in [0.15, 0.2) is 35.5 Å². The highest BCUT2D eigenvalue weighted by Gasteiger charge is 2.42. The van der Waals surface area contributed by atoms with Gasteiger partial charge in [-0.05, 0) is 53.1 Å². The molecule has 51 heavy (non-hydrogen) atoms. The maximum absolute atomic E-state index is 16.2. The molecule has 2 saturated heterocycles. The number of carbonyl (C=O) groups excluding carboxylic acids is 2. The van der Waals surface area contributed by atoms with E-state index in [2.05, 4.69) is 32.2 Å². The fraction of sp³-hybridized carbons (Fsp3) is 0.417. The molecule has 0 aliphatic carbocycles. The van der Waals surface area contributed by atoms with E-state index in [0.29, 0.717) is 34.7 Å². The van der Waals surface area contributed by atoms with Crippen LogP contribution in [0, 0.1) is 17.6 Å². The number of halogens is 2. The zero-order valence-corrected chi connectivity index (χ0v) is 29.6. The SMILES string of the molecule is CCOC(=O)c1cn(NC)c2ncc(-c3cnc4[nH]c5c(N(C)C(=O)OC(C)(C)C)cc(F)c(F)c5c4c3N3CC[C@H]4CN(C)C[C@H]43)cc2c1=O. The molecule has 6 heterocycles. The average molecular weight is 703 g/mol. The van der Waals surface area contributed by atoms with Gasteiger partial charge in [-0.2, -0.15) is 0 Å². The lowest BCUT2D eigenvalue weighted by molar-refractivity contribution is 0.0522. The van der Waals surface area contributed by atoms with Gasteiger partial charge in [0.1, 0.15) is 16.8 Å². The van der Waals surface area contributed by atoms with Gasteiger partial charge < -0.3 is 29.7 Å². The van der Waals surface area contributed by atoms with E-state index in [-0.39, 0.29) is 51.5 Å². The number of H-pyrrole nitrogens is 1. The molecule has 1 amide bonds. The molecule has 2 aliphatic heterocycles. The summed E-state index contributed by atoms with van der Waals surface area (Å²) in [6.45, 7) is 9.20. The number of rotatable bonds is 6. The number of nitrogens with one attached hydrogen (secondary N) is 2. The van der Waals surface area contributed by atoms with Gasteiger partial charge in [0.05, 0.1) is 39.7 Å². The Bertz CT molecular complexity index is 2300. The van der Waals surface area contributed by atoms with Crippen LogP contribution in [0.25, 0.3) is 44.1 Å². The van der Waals surface area contributed by atoms with Crippen molar-refractivity contribution in [3.05, 3.63) is 58.1 Å². The summed E-state index contributed by atoms with van der Waals surface area (Å²) in [5, 5.41) is 0.419. The molecule has 5 aromatic rings. The monoisotopic (exact) mass is 702 g/mol. The molecule has 2 aliphatic rings. The first kappa shape index (κ1) is 34.2. The molecule has 0 bridgehead atoms. The van der Waals surface area contributed by atoms with Crippen molar-refractivity contribution >= 4 is 56.4 Å². The third kappa shape index (κ3) is 5.69. The maximum Gasteiger partial charge on any atom is 0.414 e. The summed E-state index contributed by atoms with van der Waals surface area (Å²) in [5.74, 6) is -2.66. The van der Waals surface area contributed by atoms with Gasteiger partial charge >= 0.3 is 12.1 Å². The Labute approximate surface area is 292 Å². The van der Waals surface area contributed by atoms with Crippen molar-refractivity contribution in [2.24, 2.45) is 5.92 Å². The van der Waals surface area contributed by atoms with Gasteiger partial charge in [-0.25, -0.2) is 33.0 Å². The lowest BCUT2D eigenvalue weighted by Crippen LogP contribution is -2.35. The number of fused-ring (bicyclic) bond motifs is 5. The summed E-state index contributed by atoms with van der Waals surface area (Å²) in [5.41, 5.74) is 3.82. The molecule has 2 atom stereocenters. The van der Waals surface area contributed by atoms with E-state index in [0.717, 1.165) is 30.5 Å². The van der Waals surface area contributed by atoms with E-state index in [9.17, 15) is 14.4 Å². The molecule has 0 unspecified atom stereocenters. The predicted octanol–water partition coefficient (Wildman–Crippen LogP) is 5.23. The van der Waals surface area contributed by atoms with Gasteiger partial charge in [-0.1, -0.05) is 0 Å². The first-order chi connectivity index (χ1) is 24.2. The van der Waals surface area contributed by atoms with Gasteiger partial charge in [-0.15, -0.1) is 0 Å². The number of likely N-dealkylation sites (tertiary alicyclic amines) is 1. The Balaban J connectivity index is 1.52. The number of likely N-dealkylation sites (N-methyl/N-ethyl adjacent to an activating group) is 1. The summed E-state index contributed by atoms with van der Waals surface area (Å²) in [6, 6.07) is 2.67. The van der Waals surface area contributed by atoms with E-state index in [1.54, 1.807) is 53.2 Å². The van der Waals surface area contributed by atoms with Crippen LogP contribution in [0.5, 0.6) is 0 Å². The molecule has 0 saturated carbocycles. The molecule has 7 rings (SSSR count). The summed E-state index contributed by atoms with van der Waals surface area (Å²) in [4.78, 5) is 57.8. The maximum atomic E-state index is 16.2. The van der Waals surface area contributed by atoms with Crippen LogP contribution in [0.2, 0.25) is 0 Å². The standard InChI is InChI=1S/C36H40F2N8O5/c1-8-50-34(48)22-16-46(39-5)33-20(31(22)47)11-19(13-41-33)21-14-40-32-27(30(21)45-10-9-18-15-43(6)17-25(18)45)26-28(38)23(37)12-24(29(26)42-32)44(7)35(49)51-36(2,3)4/h11-14,16,18,25,39H,8-10,15,17H2,1-7H3,(H,40,42)/t18-,25+/m0/s1. The fourth-order valence-electron chi connectivity index (χ4n) is 7.46. The molecule has 268 valence electrons. The molecule has 4 aromatic heterocycles. The molecule has 2 fully saturated rings. The van der Waals surface area contributed by atoms with E-state index in [1.807, 2.05) is 0 Å². The lowest BCUT2D eigenvalue weighted by atomic mass is 9.99. The summed E-state index contributed by atoms with van der Waals surface area (Å²) >= 11 is 0. The number of nitrogens with zero attached hydrogens (tertiary/aromatic N) is 6. The average Bonchev–Trinajstić information content (AvgIpc) is 3.77. The van der Waals surface area contributed by atoms with Crippen molar-refractivity contribution in [1.29, 1.82) is 0 Å². The van der Waals surface area contributed by atoms with Crippen molar-refractivity contribution in [3.8, 4) is 11.1 Å². The number of carbonyl (C=O) groups is 2. The van der Waals surface area contributed by atoms with Gasteiger partial charge in [0.15, 0.2) is 17.3 Å². The number of aromatic nitrogens is 4. The number of hydrogen-bond acceptors (Lipinski definition) is 10. The van der Waals surface area contributed by atoms with Gasteiger partial charge in [0, 0.05) is 75.6 Å². The minimum Gasteiger partial charge on any atom is -0.462 e. The van der Waals surface area contributed by atoms with Crippen LogP contribution in [0.4, 0.5) is 25.0 Å². The third-order valence-electron chi connectivity index (χ3n) is 9.68. The van der Waals surface area contributed by atoms with Gasteiger partial charge in [0.2, 0.25) is 5.43 Å². The highest BCUT2D eigenvalue weighted by atomic mass is 19.2. The number of benzene rings is 1. The van der Waals surface area contributed by atoms with Crippen LogP contribution >= 0.6 is 0 Å². The molecule has 13 nitrogen and oxygen atoms in total. The van der Waals surface area contributed by atoms with Crippen LogP contribution in [-0.4, -0.2) is 95.6 Å². The van der Waals surface area contributed by atoms with Gasteiger partial charge in [-0.3, -0.25) is 9.69 Å². The third-order valence-corrected chi connectivity index (χ3v) is 9.68. The molecular weight excluding hydrogens is 662 g/mol. The van der Waals surface area contributed by atoms with Crippen molar-refractivity contribution in [1.82, 2.24) is 24.5 Å². The van der Waals surface area contributed by atoms with Gasteiger partial charge in [0.25, 0.3) is 0 Å². The van der Waals surface area contributed by atoms with E-state index in [4.69, 9.17) is 14.5 Å². The summed E-state index contributed by atoms with van der Waals surface area (Å²) < 4.78 is 44.0. The topological polar surface area (TPSA) is 138 Å². The summed E-state index contributed by atoms with van der Waals surface area (Å²) in [7, 11) is 5.13. The van der Waals surface area contributed by atoms with Crippen molar-refractivity contribution in [3.63, 3.8) is 0 Å². The molecule has 0 radical (unpaired) electrons. The van der Waals surface area contributed by atoms with Crippen LogP contribution in [0.1, 0.15) is 44.5 Å². The Morgan fingerprint density at radius 2 is 1.90 bits per heavy atom. The van der Waals surface area contributed by atoms with Crippen LogP contribution in [0.3, 0.4) is 0 Å². The second-order valence-electron chi connectivity index (χ2n) is 14.2. The molecule has 15 heteroatoms. The Morgan fingerprint density at radius 3 is 2.61 bits per heavy atom. The number of anilines is 2. The number of aromatic amines is 1. The number of amides is 1. The Hall–Kier alpha value is -5.31. The zero-order valence-electron chi connectivity index (χ0n) is 29.6.